The Balaban J connectivity index is 1.41. The number of nitrogens with zero attached hydrogens (tertiary/aromatic N) is 3. The summed E-state index contributed by atoms with van der Waals surface area (Å²) in [7, 11) is 0. The van der Waals surface area contributed by atoms with Crippen LogP contribution in [0.2, 0.25) is 0 Å². The summed E-state index contributed by atoms with van der Waals surface area (Å²) < 4.78 is 0. The van der Waals surface area contributed by atoms with Crippen LogP contribution in [0.4, 0.5) is 0 Å². The van der Waals surface area contributed by atoms with Crippen molar-refractivity contribution in [3.63, 3.8) is 0 Å². The van der Waals surface area contributed by atoms with E-state index in [1.165, 1.54) is 39.9 Å². The number of aromatic nitrogens is 2. The van der Waals surface area contributed by atoms with Gasteiger partial charge in [0.25, 0.3) is 0 Å². The number of aryl methyl sites for hydroxylation is 1. The standard InChI is InChI=1S/C25H35N3OS2/c1-15-9-11-28(12-10-15)20(29)14-30-23-21-18-8-7-17(25(2,3)4)13-19(18)31-24(21)27-22(26-23)16-5-6-16/h15-17H,5-14H2,1-4H3/t17-/m0/s1. The SMILES string of the molecule is CC1CCN(C(=O)CSc2nc(C3CC3)nc3sc4c(c23)CC[C@H](C(C)(C)C)C4)CC1. The summed E-state index contributed by atoms with van der Waals surface area (Å²) in [4.78, 5) is 27.7. The normalized spacial score (nSPS) is 22.7. The molecule has 0 radical (unpaired) electrons. The number of fused-ring (bicyclic) bond motifs is 3. The molecule has 2 aromatic heterocycles. The van der Waals surface area contributed by atoms with Gasteiger partial charge in [0.05, 0.1) is 5.75 Å². The van der Waals surface area contributed by atoms with Gasteiger partial charge in [-0.25, -0.2) is 9.97 Å². The molecule has 0 spiro atoms. The lowest BCUT2D eigenvalue weighted by Gasteiger charge is -2.33. The minimum absolute atomic E-state index is 0.272. The topological polar surface area (TPSA) is 46.1 Å². The van der Waals surface area contributed by atoms with Crippen molar-refractivity contribution < 1.29 is 4.79 Å². The molecule has 31 heavy (non-hydrogen) atoms. The van der Waals surface area contributed by atoms with Gasteiger partial charge in [-0.1, -0.05) is 39.5 Å². The number of carbonyl (C=O) groups is 1. The number of thiophene rings is 1. The Morgan fingerprint density at radius 3 is 2.55 bits per heavy atom. The summed E-state index contributed by atoms with van der Waals surface area (Å²) in [6.45, 7) is 11.2. The molecule has 2 aliphatic carbocycles. The summed E-state index contributed by atoms with van der Waals surface area (Å²) >= 11 is 3.56. The number of thioether (sulfide) groups is 1. The molecule has 1 aliphatic heterocycles. The molecule has 6 heteroatoms. The highest BCUT2D eigenvalue weighted by molar-refractivity contribution is 8.00. The molecule has 2 fully saturated rings. The van der Waals surface area contributed by atoms with E-state index in [-0.39, 0.29) is 5.91 Å². The Labute approximate surface area is 194 Å². The van der Waals surface area contributed by atoms with Gasteiger partial charge in [-0.3, -0.25) is 4.79 Å². The predicted molar refractivity (Wildman–Crippen MR) is 130 cm³/mol. The lowest BCUT2D eigenvalue weighted by molar-refractivity contribution is -0.129. The van der Waals surface area contributed by atoms with Crippen molar-refractivity contribution in [3.8, 4) is 0 Å². The Morgan fingerprint density at radius 1 is 1.13 bits per heavy atom. The lowest BCUT2D eigenvalue weighted by Crippen LogP contribution is -2.38. The van der Waals surface area contributed by atoms with E-state index in [1.807, 2.05) is 11.3 Å². The maximum Gasteiger partial charge on any atom is 0.232 e. The number of rotatable bonds is 4. The van der Waals surface area contributed by atoms with Gasteiger partial charge in [0.15, 0.2) is 0 Å². The third-order valence-corrected chi connectivity index (χ3v) is 9.64. The second-order valence-corrected chi connectivity index (χ2v) is 13.1. The van der Waals surface area contributed by atoms with Crippen LogP contribution in [-0.4, -0.2) is 39.6 Å². The molecule has 1 amide bonds. The van der Waals surface area contributed by atoms with E-state index in [1.54, 1.807) is 11.8 Å². The number of carbonyl (C=O) groups excluding carboxylic acids is 1. The van der Waals surface area contributed by atoms with Gasteiger partial charge in [-0.15, -0.1) is 11.3 Å². The monoisotopic (exact) mass is 457 g/mol. The summed E-state index contributed by atoms with van der Waals surface area (Å²) in [5.74, 6) is 3.79. The van der Waals surface area contributed by atoms with Crippen LogP contribution in [0.15, 0.2) is 5.03 Å². The Kier molecular flexibility index (Phi) is 5.83. The number of likely N-dealkylation sites (tertiary alicyclic amines) is 1. The maximum atomic E-state index is 12.9. The fraction of sp³-hybridized carbons (Fsp3) is 0.720. The fourth-order valence-electron chi connectivity index (χ4n) is 5.01. The van der Waals surface area contributed by atoms with Crippen molar-refractivity contribution in [1.29, 1.82) is 0 Å². The molecule has 3 heterocycles. The van der Waals surface area contributed by atoms with Crippen molar-refractivity contribution in [3.05, 3.63) is 16.3 Å². The maximum absolute atomic E-state index is 12.9. The van der Waals surface area contributed by atoms with Gasteiger partial charge in [0.2, 0.25) is 5.91 Å². The molecule has 1 atom stereocenters. The Bertz CT molecular complexity index is 981. The molecule has 2 aromatic rings. The van der Waals surface area contributed by atoms with Crippen LogP contribution in [0, 0.1) is 17.3 Å². The van der Waals surface area contributed by atoms with Crippen LogP contribution < -0.4 is 0 Å². The first-order valence-electron chi connectivity index (χ1n) is 12.0. The highest BCUT2D eigenvalue weighted by Crippen LogP contribution is 2.46. The quantitative estimate of drug-likeness (QED) is 0.413. The highest BCUT2D eigenvalue weighted by atomic mass is 32.2. The zero-order chi connectivity index (χ0) is 21.8. The molecule has 0 aromatic carbocycles. The van der Waals surface area contributed by atoms with E-state index < -0.39 is 0 Å². The first-order chi connectivity index (χ1) is 14.8. The Hall–Kier alpha value is -1.14. The summed E-state index contributed by atoms with van der Waals surface area (Å²) in [5.41, 5.74) is 1.82. The molecule has 0 unspecified atom stereocenters. The number of piperidine rings is 1. The molecule has 1 saturated carbocycles. The first kappa shape index (κ1) is 21.7. The van der Waals surface area contributed by atoms with Crippen LogP contribution in [0.5, 0.6) is 0 Å². The minimum atomic E-state index is 0.272. The zero-order valence-electron chi connectivity index (χ0n) is 19.4. The largest absolute Gasteiger partial charge is 0.342 e. The van der Waals surface area contributed by atoms with Crippen LogP contribution in [0.25, 0.3) is 10.2 Å². The molecule has 3 aliphatic rings. The third kappa shape index (κ3) is 4.52. The number of amides is 1. The van der Waals surface area contributed by atoms with Crippen molar-refractivity contribution in [2.45, 2.75) is 83.6 Å². The summed E-state index contributed by atoms with van der Waals surface area (Å²) in [6.07, 6.45) is 8.19. The van der Waals surface area contributed by atoms with E-state index >= 15 is 0 Å². The molecule has 0 bridgehead atoms. The predicted octanol–water partition coefficient (Wildman–Crippen LogP) is 6.07. The van der Waals surface area contributed by atoms with Gasteiger partial charge in [0.1, 0.15) is 15.7 Å². The average molecular weight is 458 g/mol. The second kappa shape index (κ2) is 8.33. The molecule has 5 rings (SSSR count). The molecule has 1 saturated heterocycles. The fourth-order valence-corrected chi connectivity index (χ4v) is 7.34. The first-order valence-corrected chi connectivity index (χ1v) is 13.8. The van der Waals surface area contributed by atoms with Gasteiger partial charge >= 0.3 is 0 Å². The molecule has 4 nitrogen and oxygen atoms in total. The average Bonchev–Trinajstić information content (AvgIpc) is 3.51. The number of hydrogen-bond donors (Lipinski definition) is 0. The van der Waals surface area contributed by atoms with E-state index in [2.05, 4.69) is 32.6 Å². The minimum Gasteiger partial charge on any atom is -0.342 e. The number of hydrogen-bond acceptors (Lipinski definition) is 5. The highest BCUT2D eigenvalue weighted by Gasteiger charge is 2.34. The zero-order valence-corrected chi connectivity index (χ0v) is 21.0. The van der Waals surface area contributed by atoms with Gasteiger partial charge in [-0.2, -0.15) is 0 Å². The molecule has 0 N–H and O–H groups in total. The van der Waals surface area contributed by atoms with Gasteiger partial charge in [0, 0.05) is 29.3 Å². The van der Waals surface area contributed by atoms with Gasteiger partial charge in [-0.05, 0) is 67.8 Å². The van der Waals surface area contributed by atoms with Crippen LogP contribution >= 0.6 is 23.1 Å². The summed E-state index contributed by atoms with van der Waals surface area (Å²) in [5, 5.41) is 2.33. The van der Waals surface area contributed by atoms with Crippen LogP contribution in [0.1, 0.15) is 82.0 Å². The van der Waals surface area contributed by atoms with Crippen molar-refractivity contribution in [2.24, 2.45) is 17.3 Å². The van der Waals surface area contributed by atoms with E-state index in [0.717, 1.165) is 61.5 Å². The van der Waals surface area contributed by atoms with Crippen molar-refractivity contribution in [1.82, 2.24) is 14.9 Å². The van der Waals surface area contributed by atoms with E-state index in [4.69, 9.17) is 9.97 Å². The molecular weight excluding hydrogens is 422 g/mol. The van der Waals surface area contributed by atoms with Crippen molar-refractivity contribution in [2.75, 3.05) is 18.8 Å². The van der Waals surface area contributed by atoms with Crippen LogP contribution in [-0.2, 0) is 17.6 Å². The lowest BCUT2D eigenvalue weighted by atomic mass is 9.72. The van der Waals surface area contributed by atoms with E-state index in [9.17, 15) is 4.79 Å². The molecular formula is C25H35N3OS2. The van der Waals surface area contributed by atoms with Crippen molar-refractivity contribution >= 4 is 39.2 Å². The van der Waals surface area contributed by atoms with Gasteiger partial charge < -0.3 is 4.90 Å². The second-order valence-electron chi connectivity index (χ2n) is 11.0. The smallest absolute Gasteiger partial charge is 0.232 e. The van der Waals surface area contributed by atoms with Crippen LogP contribution in [0.3, 0.4) is 0 Å². The van der Waals surface area contributed by atoms with E-state index in [0.29, 0.717) is 17.1 Å². The third-order valence-electron chi connectivity index (χ3n) is 7.53. The summed E-state index contributed by atoms with van der Waals surface area (Å²) in [6, 6.07) is 0. The molecule has 168 valence electrons. The Morgan fingerprint density at radius 2 is 1.87 bits per heavy atom.